The van der Waals surface area contributed by atoms with Crippen LogP contribution in [0.15, 0.2) is 47.3 Å². The van der Waals surface area contributed by atoms with E-state index in [1.165, 1.54) is 49.6 Å². The van der Waals surface area contributed by atoms with Gasteiger partial charge in [-0.15, -0.1) is 12.4 Å². The molecule has 0 spiro atoms. The monoisotopic (exact) mass is 487 g/mol. The molecule has 0 aliphatic carbocycles. The number of rotatable bonds is 5. The molecule has 3 aliphatic heterocycles. The van der Waals surface area contributed by atoms with E-state index in [-0.39, 0.29) is 29.4 Å². The molecular weight excluding hydrogens is 465 g/mol. The molecule has 0 aromatic heterocycles. The van der Waals surface area contributed by atoms with Gasteiger partial charge in [0.05, 0.1) is 16.2 Å². The van der Waals surface area contributed by atoms with Crippen molar-refractivity contribution < 1.29 is 18.9 Å². The number of likely N-dealkylation sites (tertiary alicyclic amines) is 1. The van der Waals surface area contributed by atoms with E-state index in [1.807, 2.05) is 0 Å². The van der Waals surface area contributed by atoms with Crippen LogP contribution in [0, 0.1) is 15.9 Å². The first-order valence-corrected chi connectivity index (χ1v) is 10.9. The molecule has 0 bridgehead atoms. The fourth-order valence-electron chi connectivity index (χ4n) is 4.41. The van der Waals surface area contributed by atoms with E-state index >= 15 is 0 Å². The Balaban J connectivity index is 0.00000274. The number of anilines is 2. The molecule has 5 rings (SSSR count). The van der Waals surface area contributed by atoms with Gasteiger partial charge in [-0.1, -0.05) is 11.6 Å². The third kappa shape index (κ3) is 4.46. The normalized spacial score (nSPS) is 20.3. The molecule has 3 aliphatic rings. The maximum absolute atomic E-state index is 14.0. The molecule has 2 N–H and O–H groups in total. The summed E-state index contributed by atoms with van der Waals surface area (Å²) in [4.78, 5) is 31.5. The van der Waals surface area contributed by atoms with Gasteiger partial charge < -0.3 is 15.5 Å². The van der Waals surface area contributed by atoms with E-state index in [4.69, 9.17) is 4.84 Å². The maximum atomic E-state index is 14.0. The Kier molecular flexibility index (Phi) is 6.80. The number of halogens is 2. The number of nitro groups is 1. The topological polar surface area (TPSA) is 109 Å². The highest BCUT2D eigenvalue weighted by Crippen LogP contribution is 2.40. The second-order valence-electron chi connectivity index (χ2n) is 8.18. The predicted octanol–water partition coefficient (Wildman–Crippen LogP) is 4.15. The highest BCUT2D eigenvalue weighted by molar-refractivity contribution is 6.39. The molecule has 9 nitrogen and oxygen atoms in total. The van der Waals surface area contributed by atoms with Crippen molar-refractivity contribution in [1.82, 2.24) is 4.90 Å². The van der Waals surface area contributed by atoms with Crippen molar-refractivity contribution >= 4 is 46.7 Å². The lowest BCUT2D eigenvalue weighted by atomic mass is 10.0. The van der Waals surface area contributed by atoms with Gasteiger partial charge in [-0.2, -0.15) is 0 Å². The van der Waals surface area contributed by atoms with E-state index in [2.05, 4.69) is 20.7 Å². The van der Waals surface area contributed by atoms with Gasteiger partial charge in [0.2, 0.25) is 0 Å². The first-order valence-electron chi connectivity index (χ1n) is 10.9. The number of fused-ring (bicyclic) bond motifs is 2. The number of amides is 1. The SMILES string of the molecule is Cl.O=C1Nc2ccc([N+](=O)[O-])cc2/C1=C1/Nc2ccc(F)cc2/C1=N\OCCN1CCCCC1. The number of hydrogen-bond donors (Lipinski definition) is 2. The molecule has 34 heavy (non-hydrogen) atoms. The number of oxime groups is 1. The van der Waals surface area contributed by atoms with Crippen LogP contribution in [0.25, 0.3) is 5.57 Å². The number of carbonyl (C=O) groups is 1. The first kappa shape index (κ1) is 23.7. The van der Waals surface area contributed by atoms with Crippen LogP contribution in [0.1, 0.15) is 30.4 Å². The summed E-state index contributed by atoms with van der Waals surface area (Å²) in [6.07, 6.45) is 3.58. The number of carbonyl (C=O) groups excluding carboxylic acids is 1. The van der Waals surface area contributed by atoms with Gasteiger partial charge in [0, 0.05) is 41.2 Å². The summed E-state index contributed by atoms with van der Waals surface area (Å²) in [7, 11) is 0. The highest BCUT2D eigenvalue weighted by Gasteiger charge is 2.35. The highest BCUT2D eigenvalue weighted by atomic mass is 35.5. The van der Waals surface area contributed by atoms with Crippen LogP contribution in [0.3, 0.4) is 0 Å². The van der Waals surface area contributed by atoms with Gasteiger partial charge in [-0.3, -0.25) is 19.8 Å². The van der Waals surface area contributed by atoms with E-state index in [1.54, 1.807) is 6.07 Å². The zero-order chi connectivity index (χ0) is 22.9. The smallest absolute Gasteiger partial charge is 0.270 e. The Morgan fingerprint density at radius 2 is 1.79 bits per heavy atom. The molecule has 1 saturated heterocycles. The number of benzene rings is 2. The summed E-state index contributed by atoms with van der Waals surface area (Å²) >= 11 is 0. The fraction of sp³-hybridized carbons (Fsp3) is 0.304. The number of piperidine rings is 1. The maximum Gasteiger partial charge on any atom is 0.270 e. The quantitative estimate of drug-likeness (QED) is 0.284. The third-order valence-corrected chi connectivity index (χ3v) is 6.05. The minimum atomic E-state index is -0.518. The lowest BCUT2D eigenvalue weighted by Crippen LogP contribution is -2.32. The number of nitrogens with zero attached hydrogens (tertiary/aromatic N) is 3. The lowest BCUT2D eigenvalue weighted by molar-refractivity contribution is -0.384. The van der Waals surface area contributed by atoms with Gasteiger partial charge in [-0.05, 0) is 50.2 Å². The van der Waals surface area contributed by atoms with E-state index in [0.717, 1.165) is 19.6 Å². The van der Waals surface area contributed by atoms with Crippen LogP contribution in [-0.4, -0.2) is 47.7 Å². The summed E-state index contributed by atoms with van der Waals surface area (Å²) in [5.74, 6) is -0.878. The van der Waals surface area contributed by atoms with Gasteiger partial charge in [0.15, 0.2) is 0 Å². The molecule has 2 aromatic carbocycles. The molecule has 178 valence electrons. The molecule has 0 atom stereocenters. The molecule has 0 radical (unpaired) electrons. The Hall–Kier alpha value is -3.50. The molecule has 0 unspecified atom stereocenters. The molecule has 1 amide bonds. The Labute approximate surface area is 201 Å². The van der Waals surface area contributed by atoms with Crippen molar-refractivity contribution in [3.8, 4) is 0 Å². The van der Waals surface area contributed by atoms with Crippen molar-refractivity contribution in [2.24, 2.45) is 5.16 Å². The molecule has 2 aromatic rings. The van der Waals surface area contributed by atoms with Crippen LogP contribution in [-0.2, 0) is 9.63 Å². The van der Waals surface area contributed by atoms with Crippen LogP contribution in [0.2, 0.25) is 0 Å². The zero-order valence-electron chi connectivity index (χ0n) is 18.2. The summed E-state index contributed by atoms with van der Waals surface area (Å²) in [6, 6.07) is 8.36. The van der Waals surface area contributed by atoms with Crippen LogP contribution < -0.4 is 10.6 Å². The van der Waals surface area contributed by atoms with Crippen molar-refractivity contribution in [2.75, 3.05) is 36.9 Å². The number of nitrogens with one attached hydrogen (secondary N) is 2. The predicted molar refractivity (Wildman–Crippen MR) is 129 cm³/mol. The minimum Gasteiger partial charge on any atom is -0.394 e. The molecule has 1 fully saturated rings. The molecular formula is C23H23ClFN5O4. The number of allylic oxidation sites excluding steroid dienone is 1. The van der Waals surface area contributed by atoms with Crippen LogP contribution in [0.4, 0.5) is 21.5 Å². The largest absolute Gasteiger partial charge is 0.394 e. The average molecular weight is 488 g/mol. The van der Waals surface area contributed by atoms with Crippen molar-refractivity contribution in [1.29, 1.82) is 0 Å². The molecule has 0 saturated carbocycles. The van der Waals surface area contributed by atoms with Gasteiger partial charge in [0.1, 0.15) is 18.1 Å². The Bertz CT molecular complexity index is 1210. The average Bonchev–Trinajstić information content (AvgIpc) is 3.32. The number of hydrogen-bond acceptors (Lipinski definition) is 7. The summed E-state index contributed by atoms with van der Waals surface area (Å²) < 4.78 is 14.0. The standard InChI is InChI=1S/C23H22FN5O4.ClH/c24-14-4-6-19-17(12-14)21(27-33-11-10-28-8-2-1-3-9-28)22(25-19)20-16-13-15(29(31)32)5-7-18(16)26-23(20)30;/h4-7,12-13,25H,1-3,8-11H2,(H,26,30);1H/b22-20-,27-21+;. The summed E-state index contributed by atoms with van der Waals surface area (Å²) in [6.45, 7) is 3.13. The number of nitro benzene ring substituents is 1. The van der Waals surface area contributed by atoms with Crippen molar-refractivity contribution in [3.63, 3.8) is 0 Å². The van der Waals surface area contributed by atoms with E-state index in [0.29, 0.717) is 34.8 Å². The van der Waals surface area contributed by atoms with Crippen LogP contribution in [0.5, 0.6) is 0 Å². The molecule has 3 heterocycles. The van der Waals surface area contributed by atoms with E-state index in [9.17, 15) is 19.3 Å². The minimum absolute atomic E-state index is 0. The van der Waals surface area contributed by atoms with Crippen molar-refractivity contribution in [2.45, 2.75) is 19.3 Å². The first-order chi connectivity index (χ1) is 16.0. The second-order valence-corrected chi connectivity index (χ2v) is 8.18. The summed E-state index contributed by atoms with van der Waals surface area (Å²) in [5, 5.41) is 21.4. The third-order valence-electron chi connectivity index (χ3n) is 6.05. The van der Waals surface area contributed by atoms with E-state index < -0.39 is 16.6 Å². The van der Waals surface area contributed by atoms with Crippen LogP contribution >= 0.6 is 12.4 Å². The lowest BCUT2D eigenvalue weighted by Gasteiger charge is -2.25. The van der Waals surface area contributed by atoms with Crippen molar-refractivity contribution in [3.05, 3.63) is 69.2 Å². The zero-order valence-corrected chi connectivity index (χ0v) is 19.0. The number of non-ortho nitro benzene ring substituents is 1. The Morgan fingerprint density at radius 1 is 1.06 bits per heavy atom. The van der Waals surface area contributed by atoms with Gasteiger partial charge in [0.25, 0.3) is 11.6 Å². The van der Waals surface area contributed by atoms with Gasteiger partial charge in [-0.25, -0.2) is 4.39 Å². The summed E-state index contributed by atoms with van der Waals surface area (Å²) in [5.41, 5.74) is 2.54. The second kappa shape index (κ2) is 9.78. The van der Waals surface area contributed by atoms with Gasteiger partial charge >= 0.3 is 0 Å². The fourth-order valence-corrected chi connectivity index (χ4v) is 4.41. The molecule has 11 heteroatoms. The Morgan fingerprint density at radius 3 is 2.56 bits per heavy atom.